The van der Waals surface area contributed by atoms with Crippen LogP contribution in [0, 0.1) is 29.1 Å². The molecule has 0 saturated carbocycles. The van der Waals surface area contributed by atoms with E-state index in [9.17, 15) is 22.0 Å². The second-order valence-electron chi connectivity index (χ2n) is 7.01. The van der Waals surface area contributed by atoms with Gasteiger partial charge in [0.15, 0.2) is 22.6 Å². The van der Waals surface area contributed by atoms with Crippen molar-refractivity contribution in [3.05, 3.63) is 95.3 Å². The van der Waals surface area contributed by atoms with Gasteiger partial charge in [0.05, 0.1) is 36.9 Å². The van der Waals surface area contributed by atoms with Crippen molar-refractivity contribution >= 4 is 28.7 Å². The number of rotatable bonds is 6. The van der Waals surface area contributed by atoms with Gasteiger partial charge in [0, 0.05) is 24.0 Å². The Hall–Kier alpha value is -3.80. The summed E-state index contributed by atoms with van der Waals surface area (Å²) in [6.07, 6.45) is 6.00. The van der Waals surface area contributed by atoms with Crippen LogP contribution in [0.15, 0.2) is 55.1 Å². The summed E-state index contributed by atoms with van der Waals surface area (Å²) in [7, 11) is 0. The molecule has 0 spiro atoms. The Kier molecular flexibility index (Phi) is 6.36. The molecule has 4 aromatic rings. The minimum Gasteiger partial charge on any atom is -0.330 e. The van der Waals surface area contributed by atoms with Gasteiger partial charge < -0.3 is 10.6 Å². The van der Waals surface area contributed by atoms with Crippen LogP contribution >= 0.6 is 12.2 Å². The second-order valence-corrected chi connectivity index (χ2v) is 7.41. The molecule has 0 aliphatic heterocycles. The van der Waals surface area contributed by atoms with Crippen molar-refractivity contribution in [3.63, 3.8) is 0 Å². The van der Waals surface area contributed by atoms with Gasteiger partial charge in [0.1, 0.15) is 11.6 Å². The van der Waals surface area contributed by atoms with E-state index in [0.29, 0.717) is 17.9 Å². The first-order valence-electron chi connectivity index (χ1n) is 9.47. The zero-order valence-corrected chi connectivity index (χ0v) is 17.5. The third-order valence-corrected chi connectivity index (χ3v) is 4.77. The largest absolute Gasteiger partial charge is 0.330 e. The van der Waals surface area contributed by atoms with Crippen LogP contribution in [0.25, 0.3) is 0 Å². The van der Waals surface area contributed by atoms with Crippen molar-refractivity contribution in [2.24, 2.45) is 0 Å². The van der Waals surface area contributed by atoms with E-state index in [0.717, 1.165) is 10.2 Å². The van der Waals surface area contributed by atoms with Crippen molar-refractivity contribution in [3.8, 4) is 0 Å². The van der Waals surface area contributed by atoms with Gasteiger partial charge in [-0.1, -0.05) is 12.1 Å². The van der Waals surface area contributed by atoms with Crippen molar-refractivity contribution < 1.29 is 22.0 Å². The summed E-state index contributed by atoms with van der Waals surface area (Å²) in [6.45, 7) is -0.0150. The Balaban J connectivity index is 1.35. The number of hydrogen-bond donors (Lipinski definition) is 2. The lowest BCUT2D eigenvalue weighted by atomic mass is 10.2. The summed E-state index contributed by atoms with van der Waals surface area (Å²) in [5.74, 6) is -6.49. The molecular formula is C21H15F5N6S. The topological polar surface area (TPSA) is 59.7 Å². The second kappa shape index (κ2) is 9.36. The lowest BCUT2D eigenvalue weighted by Gasteiger charge is -2.08. The molecule has 2 aromatic heterocycles. The fourth-order valence-electron chi connectivity index (χ4n) is 3.01. The highest BCUT2D eigenvalue weighted by Gasteiger charge is 2.19. The van der Waals surface area contributed by atoms with E-state index in [1.807, 2.05) is 0 Å². The van der Waals surface area contributed by atoms with Crippen LogP contribution in [0.5, 0.6) is 0 Å². The van der Waals surface area contributed by atoms with Crippen molar-refractivity contribution in [1.29, 1.82) is 0 Å². The van der Waals surface area contributed by atoms with Gasteiger partial charge in [-0.2, -0.15) is 10.2 Å². The molecule has 0 radical (unpaired) electrons. The molecule has 0 aliphatic rings. The van der Waals surface area contributed by atoms with Crippen LogP contribution in [0.2, 0.25) is 0 Å². The average molecular weight is 478 g/mol. The maximum Gasteiger partial charge on any atom is 0.194 e. The third-order valence-electron chi connectivity index (χ3n) is 4.57. The van der Waals surface area contributed by atoms with Gasteiger partial charge in [-0.05, 0) is 29.9 Å². The van der Waals surface area contributed by atoms with E-state index < -0.39 is 35.4 Å². The molecule has 2 aromatic carbocycles. The van der Waals surface area contributed by atoms with Gasteiger partial charge in [-0.3, -0.25) is 9.36 Å². The van der Waals surface area contributed by atoms with Crippen molar-refractivity contribution in [1.82, 2.24) is 19.6 Å². The molecule has 4 rings (SSSR count). The number of benzene rings is 2. The van der Waals surface area contributed by atoms with Gasteiger partial charge in [0.25, 0.3) is 0 Å². The lowest BCUT2D eigenvalue weighted by molar-refractivity contribution is 0.420. The SMILES string of the molecule is Fc1ccc(Cn2cc(NC(=S)Nc3cnn(Cc4c(F)cc(F)c(F)c4F)c3)cn2)cc1. The Morgan fingerprint density at radius 3 is 1.97 bits per heavy atom. The monoisotopic (exact) mass is 478 g/mol. The van der Waals surface area contributed by atoms with Gasteiger partial charge in [-0.15, -0.1) is 0 Å². The van der Waals surface area contributed by atoms with Gasteiger partial charge >= 0.3 is 0 Å². The number of halogens is 5. The van der Waals surface area contributed by atoms with Crippen molar-refractivity contribution in [2.75, 3.05) is 10.6 Å². The maximum atomic E-state index is 13.9. The Morgan fingerprint density at radius 2 is 1.36 bits per heavy atom. The molecule has 0 bridgehead atoms. The van der Waals surface area contributed by atoms with E-state index >= 15 is 0 Å². The number of nitrogens with zero attached hydrogens (tertiary/aromatic N) is 4. The smallest absolute Gasteiger partial charge is 0.194 e. The molecule has 0 amide bonds. The van der Waals surface area contributed by atoms with Crippen LogP contribution in [0.4, 0.5) is 33.3 Å². The molecule has 0 aliphatic carbocycles. The molecule has 33 heavy (non-hydrogen) atoms. The van der Waals surface area contributed by atoms with E-state index in [2.05, 4.69) is 20.8 Å². The third kappa shape index (κ3) is 5.34. The first-order chi connectivity index (χ1) is 15.8. The summed E-state index contributed by atoms with van der Waals surface area (Å²) in [6, 6.07) is 6.34. The fourth-order valence-corrected chi connectivity index (χ4v) is 3.25. The summed E-state index contributed by atoms with van der Waals surface area (Å²) in [4.78, 5) is 0. The molecule has 0 unspecified atom stereocenters. The van der Waals surface area contributed by atoms with E-state index in [4.69, 9.17) is 12.2 Å². The Morgan fingerprint density at radius 1 is 0.788 bits per heavy atom. The van der Waals surface area contributed by atoms with Crippen LogP contribution in [-0.2, 0) is 13.1 Å². The Bertz CT molecular complexity index is 1300. The lowest BCUT2D eigenvalue weighted by Crippen LogP contribution is -2.18. The molecule has 170 valence electrons. The number of aromatic nitrogens is 4. The Labute approximate surface area is 189 Å². The normalized spacial score (nSPS) is 10.9. The van der Waals surface area contributed by atoms with Crippen LogP contribution in [0.1, 0.15) is 11.1 Å². The predicted octanol–water partition coefficient (Wildman–Crippen LogP) is 4.68. The minimum atomic E-state index is -1.75. The zero-order chi connectivity index (χ0) is 23.5. The first-order valence-corrected chi connectivity index (χ1v) is 9.88. The molecule has 0 atom stereocenters. The molecule has 12 heteroatoms. The maximum absolute atomic E-state index is 13.9. The van der Waals surface area contributed by atoms with Crippen LogP contribution < -0.4 is 10.6 Å². The predicted molar refractivity (Wildman–Crippen MR) is 115 cm³/mol. The zero-order valence-electron chi connectivity index (χ0n) is 16.7. The van der Waals surface area contributed by atoms with E-state index in [-0.39, 0.29) is 17.0 Å². The molecule has 2 N–H and O–H groups in total. The van der Waals surface area contributed by atoms with Crippen LogP contribution in [0.3, 0.4) is 0 Å². The van der Waals surface area contributed by atoms with Gasteiger partial charge in [-0.25, -0.2) is 22.0 Å². The summed E-state index contributed by atoms with van der Waals surface area (Å²) in [5, 5.41) is 14.1. The molecule has 2 heterocycles. The highest BCUT2D eigenvalue weighted by atomic mass is 32.1. The summed E-state index contributed by atoms with van der Waals surface area (Å²) >= 11 is 5.23. The molecule has 0 fully saturated rings. The summed E-state index contributed by atoms with van der Waals surface area (Å²) in [5.41, 5.74) is 1.20. The molecule has 0 saturated heterocycles. The number of anilines is 2. The van der Waals surface area contributed by atoms with E-state index in [1.165, 1.54) is 24.5 Å². The van der Waals surface area contributed by atoms with Crippen LogP contribution in [-0.4, -0.2) is 24.7 Å². The number of thiocarbonyl (C=S) groups is 1. The van der Waals surface area contributed by atoms with Crippen molar-refractivity contribution in [2.45, 2.75) is 13.1 Å². The standard InChI is InChI=1S/C21H15F5N6S/c22-13-3-1-12(2-4-13)8-31-9-14(6-27-31)29-21(33)30-15-7-28-32(10-15)11-16-17(23)5-18(24)20(26)19(16)25/h1-7,9-10H,8,11H2,(H2,29,30,33). The number of hydrogen-bond acceptors (Lipinski definition) is 3. The molecule has 6 nitrogen and oxygen atoms in total. The highest BCUT2D eigenvalue weighted by Crippen LogP contribution is 2.20. The minimum absolute atomic E-state index is 0.195. The average Bonchev–Trinajstić information content (AvgIpc) is 3.40. The van der Waals surface area contributed by atoms with E-state index in [1.54, 1.807) is 29.2 Å². The fraction of sp³-hybridized carbons (Fsp3) is 0.0952. The van der Waals surface area contributed by atoms with Gasteiger partial charge in [0.2, 0.25) is 0 Å². The molecular weight excluding hydrogens is 463 g/mol. The first kappa shape index (κ1) is 22.4. The summed E-state index contributed by atoms with van der Waals surface area (Å²) < 4.78 is 70.0. The highest BCUT2D eigenvalue weighted by molar-refractivity contribution is 7.80. The quantitative estimate of drug-likeness (QED) is 0.182. The number of nitrogens with one attached hydrogen (secondary N) is 2.